The van der Waals surface area contributed by atoms with Crippen LogP contribution in [0.15, 0.2) is 119 Å². The van der Waals surface area contributed by atoms with Gasteiger partial charge in [-0.2, -0.15) is 0 Å². The smallest absolute Gasteiger partial charge is 0.0548 e. The molecule has 1 fully saturated rings. The number of hydrogen-bond donors (Lipinski definition) is 1. The monoisotopic (exact) mass is 582 g/mol. The van der Waals surface area contributed by atoms with Crippen LogP contribution in [-0.4, -0.2) is 11.2 Å². The molecule has 1 heteroatoms. The van der Waals surface area contributed by atoms with E-state index in [0.717, 1.165) is 19.3 Å². The average Bonchev–Trinajstić information content (AvgIpc) is 2.91. The Hall–Kier alpha value is -2.64. The van der Waals surface area contributed by atoms with E-state index in [-0.39, 0.29) is 11.5 Å². The van der Waals surface area contributed by atoms with Gasteiger partial charge in [-0.3, -0.25) is 0 Å². The van der Waals surface area contributed by atoms with Crippen LogP contribution in [0.1, 0.15) is 114 Å². The number of allylic oxidation sites excluding steroid dienone is 20. The fraction of sp³-hybridized carbons (Fsp3) is 0.524. The Balaban J connectivity index is 1.83. The van der Waals surface area contributed by atoms with Crippen molar-refractivity contribution in [2.75, 3.05) is 0 Å². The van der Waals surface area contributed by atoms with E-state index in [0.29, 0.717) is 17.3 Å². The molecule has 0 amide bonds. The molecule has 0 aliphatic heterocycles. The molecule has 43 heavy (non-hydrogen) atoms. The minimum Gasteiger partial charge on any atom is -0.393 e. The Morgan fingerprint density at radius 2 is 1.47 bits per heavy atom. The molecular formula is C42H62O. The lowest BCUT2D eigenvalue weighted by Crippen LogP contribution is -2.38. The molecule has 2 aliphatic rings. The van der Waals surface area contributed by atoms with Crippen molar-refractivity contribution in [3.05, 3.63) is 119 Å². The first-order valence-electron chi connectivity index (χ1n) is 16.7. The zero-order valence-corrected chi connectivity index (χ0v) is 29.2. The van der Waals surface area contributed by atoms with Gasteiger partial charge in [0.15, 0.2) is 0 Å². The molecule has 0 aromatic rings. The third kappa shape index (κ3) is 12.5. The second-order valence-corrected chi connectivity index (χ2v) is 14.3. The Bertz CT molecular complexity index is 1220. The van der Waals surface area contributed by atoms with Crippen LogP contribution < -0.4 is 0 Å². The second kappa shape index (κ2) is 17.6. The maximum absolute atomic E-state index is 10.1. The molecular weight excluding hydrogens is 520 g/mol. The van der Waals surface area contributed by atoms with Crippen molar-refractivity contribution in [3.8, 4) is 0 Å². The van der Waals surface area contributed by atoms with E-state index < -0.39 is 0 Å². The lowest BCUT2D eigenvalue weighted by atomic mass is 9.63. The predicted octanol–water partition coefficient (Wildman–Crippen LogP) is 12.3. The molecule has 0 radical (unpaired) electrons. The summed E-state index contributed by atoms with van der Waals surface area (Å²) in [5.74, 6) is 1.00. The molecule has 2 aliphatic carbocycles. The van der Waals surface area contributed by atoms with Gasteiger partial charge in [0.2, 0.25) is 0 Å². The normalized spacial score (nSPS) is 28.6. The maximum atomic E-state index is 10.1. The van der Waals surface area contributed by atoms with Gasteiger partial charge in [-0.15, -0.1) is 0 Å². The summed E-state index contributed by atoms with van der Waals surface area (Å²) in [6.45, 7) is 22.5. The van der Waals surface area contributed by atoms with Crippen molar-refractivity contribution >= 4 is 0 Å². The Morgan fingerprint density at radius 3 is 2.12 bits per heavy atom. The molecule has 0 saturated heterocycles. The van der Waals surface area contributed by atoms with E-state index >= 15 is 0 Å². The fourth-order valence-electron chi connectivity index (χ4n) is 6.82. The highest BCUT2D eigenvalue weighted by atomic mass is 16.3. The summed E-state index contributed by atoms with van der Waals surface area (Å²) >= 11 is 0. The number of aliphatic hydroxyl groups is 1. The van der Waals surface area contributed by atoms with Gasteiger partial charge in [0.25, 0.3) is 0 Å². The van der Waals surface area contributed by atoms with E-state index in [4.69, 9.17) is 0 Å². The molecule has 0 bridgehead atoms. The lowest BCUT2D eigenvalue weighted by Gasteiger charge is -2.43. The van der Waals surface area contributed by atoms with E-state index in [1.807, 2.05) is 0 Å². The molecule has 1 nitrogen and oxygen atoms in total. The van der Waals surface area contributed by atoms with Gasteiger partial charge in [0.05, 0.1) is 6.10 Å². The second-order valence-electron chi connectivity index (χ2n) is 14.3. The SMILES string of the molecule is CCC1(C)CCCC(C)=C1/C=C/C(C)=C/C=C/C(C)=C/C/C=C/C=C(C)/C=C/C=C(C)/C=C/C1C(C)CC(O)CC1(C)C. The minimum atomic E-state index is -0.161. The number of aliphatic hydroxyl groups excluding tert-OH is 1. The summed E-state index contributed by atoms with van der Waals surface area (Å²) in [5, 5.41) is 10.1. The third-order valence-corrected chi connectivity index (χ3v) is 9.68. The van der Waals surface area contributed by atoms with Gasteiger partial charge in [0, 0.05) is 0 Å². The third-order valence-electron chi connectivity index (χ3n) is 9.68. The van der Waals surface area contributed by atoms with Gasteiger partial charge >= 0.3 is 0 Å². The van der Waals surface area contributed by atoms with E-state index in [9.17, 15) is 5.11 Å². The molecule has 1 saturated carbocycles. The summed E-state index contributed by atoms with van der Waals surface area (Å²) in [4.78, 5) is 0. The van der Waals surface area contributed by atoms with Crippen LogP contribution in [0.25, 0.3) is 0 Å². The predicted molar refractivity (Wildman–Crippen MR) is 192 cm³/mol. The van der Waals surface area contributed by atoms with E-state index in [1.54, 1.807) is 11.1 Å². The summed E-state index contributed by atoms with van der Waals surface area (Å²) < 4.78 is 0. The van der Waals surface area contributed by atoms with Gasteiger partial charge < -0.3 is 5.11 Å². The highest BCUT2D eigenvalue weighted by molar-refractivity contribution is 5.37. The first-order valence-corrected chi connectivity index (χ1v) is 16.7. The molecule has 2 rings (SSSR count). The van der Waals surface area contributed by atoms with Crippen LogP contribution in [-0.2, 0) is 0 Å². The quantitative estimate of drug-likeness (QED) is 0.227. The van der Waals surface area contributed by atoms with Crippen LogP contribution in [0.2, 0.25) is 0 Å². The van der Waals surface area contributed by atoms with Crippen molar-refractivity contribution in [2.24, 2.45) is 22.7 Å². The highest BCUT2D eigenvalue weighted by Gasteiger charge is 2.38. The molecule has 4 atom stereocenters. The molecule has 236 valence electrons. The van der Waals surface area contributed by atoms with Crippen LogP contribution in [0, 0.1) is 22.7 Å². The summed E-state index contributed by atoms with van der Waals surface area (Å²) in [6.07, 6.45) is 38.7. The van der Waals surface area contributed by atoms with Gasteiger partial charge in [-0.25, -0.2) is 0 Å². The van der Waals surface area contributed by atoms with Gasteiger partial charge in [0.1, 0.15) is 0 Å². The van der Waals surface area contributed by atoms with Crippen molar-refractivity contribution in [1.29, 1.82) is 0 Å². The van der Waals surface area contributed by atoms with Gasteiger partial charge in [-0.1, -0.05) is 148 Å². The van der Waals surface area contributed by atoms with Gasteiger partial charge in [-0.05, 0) is 108 Å². The van der Waals surface area contributed by atoms with Crippen molar-refractivity contribution in [2.45, 2.75) is 120 Å². The number of hydrogen-bond acceptors (Lipinski definition) is 1. The average molecular weight is 583 g/mol. The van der Waals surface area contributed by atoms with E-state index in [2.05, 4.69) is 154 Å². The lowest BCUT2D eigenvalue weighted by molar-refractivity contribution is 0.00772. The van der Waals surface area contributed by atoms with Crippen LogP contribution in [0.3, 0.4) is 0 Å². The molecule has 0 aromatic carbocycles. The first kappa shape index (κ1) is 36.6. The Kier molecular flexibility index (Phi) is 15.0. The molecule has 1 N–H and O–H groups in total. The zero-order chi connectivity index (χ0) is 32.0. The summed E-state index contributed by atoms with van der Waals surface area (Å²) in [7, 11) is 0. The topological polar surface area (TPSA) is 20.2 Å². The van der Waals surface area contributed by atoms with Crippen molar-refractivity contribution < 1.29 is 5.11 Å². The van der Waals surface area contributed by atoms with Crippen LogP contribution in [0.5, 0.6) is 0 Å². The fourth-order valence-corrected chi connectivity index (χ4v) is 6.82. The summed E-state index contributed by atoms with van der Waals surface area (Å²) in [5.41, 5.74) is 8.62. The highest BCUT2D eigenvalue weighted by Crippen LogP contribution is 2.45. The Morgan fingerprint density at radius 1 is 0.860 bits per heavy atom. The molecule has 4 unspecified atom stereocenters. The number of rotatable bonds is 12. The standard InChI is InChI=1S/C42H62O/c1-11-42(10)29-17-24-36(6)40(42)28-26-35(5)23-16-21-33(3)19-14-12-13-18-32(2)20-15-22-34(4)25-27-39-37(7)30-38(43)31-41(39,8)9/h12-13,15-16,18-23,25-28,37-39,43H,11,14,17,24,29-31H2,1-10H3/b13-12+,20-15+,21-16+,27-25+,28-26+,32-18+,33-19+,34-22+,35-23+. The first-order chi connectivity index (χ1) is 20.3. The van der Waals surface area contributed by atoms with Crippen molar-refractivity contribution in [3.63, 3.8) is 0 Å². The largest absolute Gasteiger partial charge is 0.393 e. The summed E-state index contributed by atoms with van der Waals surface area (Å²) in [6, 6.07) is 0. The van der Waals surface area contributed by atoms with Crippen molar-refractivity contribution in [1.82, 2.24) is 0 Å². The van der Waals surface area contributed by atoms with E-state index in [1.165, 1.54) is 48.0 Å². The maximum Gasteiger partial charge on any atom is 0.0548 e. The zero-order valence-electron chi connectivity index (χ0n) is 29.2. The Labute approximate surface area is 266 Å². The molecule has 0 aromatic heterocycles. The minimum absolute atomic E-state index is 0.135. The molecule has 0 spiro atoms. The van der Waals surface area contributed by atoms with Crippen LogP contribution >= 0.6 is 0 Å². The molecule has 0 heterocycles. The van der Waals surface area contributed by atoms with Crippen LogP contribution in [0.4, 0.5) is 0 Å².